The summed E-state index contributed by atoms with van der Waals surface area (Å²) in [6.07, 6.45) is 1.27. The first-order chi connectivity index (χ1) is 14.5. The van der Waals surface area contributed by atoms with Crippen LogP contribution in [0.1, 0.15) is 16.7 Å². The van der Waals surface area contributed by atoms with Crippen molar-refractivity contribution in [3.63, 3.8) is 0 Å². The highest BCUT2D eigenvalue weighted by Crippen LogP contribution is 2.26. The van der Waals surface area contributed by atoms with E-state index in [-0.39, 0.29) is 30.1 Å². The lowest BCUT2D eigenvalue weighted by Gasteiger charge is -2.36. The predicted octanol–water partition coefficient (Wildman–Crippen LogP) is 4.16. The molecule has 3 aromatic carbocycles. The average molecular weight is 407 g/mol. The summed E-state index contributed by atoms with van der Waals surface area (Å²) in [5, 5.41) is 2.90. The first-order valence-corrected chi connectivity index (χ1v) is 9.87. The zero-order valence-electron chi connectivity index (χ0n) is 16.4. The summed E-state index contributed by atoms with van der Waals surface area (Å²) in [4.78, 5) is 14.8. The maximum Gasteiger partial charge on any atom is 0.238 e. The Labute approximate surface area is 174 Å². The summed E-state index contributed by atoms with van der Waals surface area (Å²) in [6.45, 7) is 0.754. The number of carbonyl (C=O) groups is 1. The van der Waals surface area contributed by atoms with Gasteiger partial charge in [-0.25, -0.2) is 8.78 Å². The molecule has 0 spiro atoms. The molecule has 154 valence electrons. The summed E-state index contributed by atoms with van der Waals surface area (Å²) < 4.78 is 27.0. The van der Waals surface area contributed by atoms with Crippen LogP contribution in [-0.4, -0.2) is 23.4 Å². The molecule has 4 rings (SSSR count). The fourth-order valence-electron chi connectivity index (χ4n) is 3.90. The Morgan fingerprint density at radius 2 is 1.67 bits per heavy atom. The quantitative estimate of drug-likeness (QED) is 0.625. The molecule has 1 aliphatic heterocycles. The Morgan fingerprint density at radius 3 is 2.40 bits per heavy atom. The van der Waals surface area contributed by atoms with E-state index < -0.39 is 0 Å². The second-order valence-electron chi connectivity index (χ2n) is 7.68. The fraction of sp³-hybridized carbons (Fsp3) is 0.208. The Hall–Kier alpha value is -3.25. The van der Waals surface area contributed by atoms with Gasteiger partial charge in [-0.3, -0.25) is 9.69 Å². The monoisotopic (exact) mass is 407 g/mol. The van der Waals surface area contributed by atoms with Gasteiger partial charge in [0.25, 0.3) is 0 Å². The van der Waals surface area contributed by atoms with Crippen molar-refractivity contribution in [3.05, 3.63) is 95.1 Å². The van der Waals surface area contributed by atoms with E-state index >= 15 is 0 Å². The summed E-state index contributed by atoms with van der Waals surface area (Å²) in [5.41, 5.74) is 9.96. The van der Waals surface area contributed by atoms with Crippen LogP contribution in [0.15, 0.2) is 66.7 Å². The van der Waals surface area contributed by atoms with Crippen molar-refractivity contribution in [1.82, 2.24) is 4.90 Å². The second-order valence-corrected chi connectivity index (χ2v) is 7.68. The number of amides is 1. The molecule has 1 amide bonds. The first kappa shape index (κ1) is 20.0. The van der Waals surface area contributed by atoms with E-state index in [1.165, 1.54) is 18.2 Å². The van der Waals surface area contributed by atoms with Crippen LogP contribution < -0.4 is 11.1 Å². The zero-order valence-corrected chi connectivity index (χ0v) is 16.4. The maximum atomic E-state index is 13.7. The highest BCUT2D eigenvalue weighted by atomic mass is 19.1. The Kier molecular flexibility index (Phi) is 5.77. The molecule has 0 fully saturated rings. The lowest BCUT2D eigenvalue weighted by Crippen LogP contribution is -2.45. The molecule has 0 aliphatic carbocycles. The van der Waals surface area contributed by atoms with Crippen LogP contribution in [-0.2, 0) is 24.2 Å². The average Bonchev–Trinajstić information content (AvgIpc) is 2.72. The van der Waals surface area contributed by atoms with Crippen molar-refractivity contribution in [2.24, 2.45) is 0 Å². The molecule has 1 heterocycles. The van der Waals surface area contributed by atoms with E-state index in [0.29, 0.717) is 30.8 Å². The van der Waals surface area contributed by atoms with E-state index in [1.807, 2.05) is 0 Å². The van der Waals surface area contributed by atoms with Crippen LogP contribution >= 0.6 is 0 Å². The van der Waals surface area contributed by atoms with Crippen LogP contribution in [0.5, 0.6) is 0 Å². The van der Waals surface area contributed by atoms with Crippen molar-refractivity contribution in [2.75, 3.05) is 17.6 Å². The molecule has 0 radical (unpaired) electrons. The molecule has 1 atom stereocenters. The van der Waals surface area contributed by atoms with Crippen molar-refractivity contribution < 1.29 is 13.6 Å². The molecular formula is C24H23F2N3O. The van der Waals surface area contributed by atoms with Gasteiger partial charge >= 0.3 is 0 Å². The smallest absolute Gasteiger partial charge is 0.238 e. The van der Waals surface area contributed by atoms with Crippen molar-refractivity contribution >= 4 is 17.3 Å². The summed E-state index contributed by atoms with van der Waals surface area (Å²) in [5.74, 6) is -0.673. The number of nitrogens with one attached hydrogen (secondary N) is 1. The van der Waals surface area contributed by atoms with Gasteiger partial charge in [0.15, 0.2) is 0 Å². The summed E-state index contributed by atoms with van der Waals surface area (Å²) >= 11 is 0. The molecule has 3 aromatic rings. The van der Waals surface area contributed by atoms with Gasteiger partial charge in [0.2, 0.25) is 5.91 Å². The number of fused-ring (bicyclic) bond motifs is 1. The van der Waals surface area contributed by atoms with Gasteiger partial charge in [-0.2, -0.15) is 0 Å². The molecule has 1 aliphatic rings. The number of nitrogens with zero attached hydrogens (tertiary/aromatic N) is 1. The number of halogens is 2. The van der Waals surface area contributed by atoms with E-state index in [2.05, 4.69) is 10.2 Å². The molecule has 0 saturated carbocycles. The van der Waals surface area contributed by atoms with Crippen LogP contribution in [0.25, 0.3) is 0 Å². The number of hydrogen-bond donors (Lipinski definition) is 2. The number of hydrogen-bond acceptors (Lipinski definition) is 3. The Morgan fingerprint density at radius 1 is 0.967 bits per heavy atom. The van der Waals surface area contributed by atoms with Crippen LogP contribution in [0.3, 0.4) is 0 Å². The number of nitrogen functional groups attached to an aromatic ring is 1. The largest absolute Gasteiger partial charge is 0.399 e. The predicted molar refractivity (Wildman–Crippen MR) is 114 cm³/mol. The maximum absolute atomic E-state index is 13.7. The third-order valence-electron chi connectivity index (χ3n) is 5.44. The zero-order chi connectivity index (χ0) is 21.1. The normalized spacial score (nSPS) is 16.1. The third kappa shape index (κ3) is 4.83. The third-order valence-corrected chi connectivity index (χ3v) is 5.44. The standard InChI is InChI=1S/C24H23F2N3O/c25-19-4-1-16(2-5-19)11-23-13-18-12-20(26)6-3-17(18)14-29(23)15-24(30)28-22-9-7-21(27)8-10-22/h1-10,12,23H,11,13-15,27H2,(H,28,30). The molecule has 3 N–H and O–H groups in total. The molecule has 6 heteroatoms. The first-order valence-electron chi connectivity index (χ1n) is 9.87. The summed E-state index contributed by atoms with van der Waals surface area (Å²) in [7, 11) is 0. The minimum absolute atomic E-state index is 0.00179. The summed E-state index contributed by atoms with van der Waals surface area (Å²) in [6, 6.07) is 18.2. The molecular weight excluding hydrogens is 384 g/mol. The Bertz CT molecular complexity index is 1040. The van der Waals surface area contributed by atoms with Gasteiger partial charge in [-0.1, -0.05) is 18.2 Å². The minimum atomic E-state index is -0.283. The second kappa shape index (κ2) is 8.63. The number of carbonyl (C=O) groups excluding carboxylic acids is 1. The molecule has 0 saturated heterocycles. The van der Waals surface area contributed by atoms with Crippen LogP contribution in [0.2, 0.25) is 0 Å². The number of anilines is 2. The van der Waals surface area contributed by atoms with Crippen LogP contribution in [0.4, 0.5) is 20.2 Å². The van der Waals surface area contributed by atoms with Crippen molar-refractivity contribution in [1.29, 1.82) is 0 Å². The van der Waals surface area contributed by atoms with Gasteiger partial charge in [0.05, 0.1) is 6.54 Å². The van der Waals surface area contributed by atoms with Gasteiger partial charge in [-0.05, 0) is 78.1 Å². The SMILES string of the molecule is Nc1ccc(NC(=O)CN2Cc3ccc(F)cc3CC2Cc2ccc(F)cc2)cc1. The van der Waals surface area contributed by atoms with E-state index in [4.69, 9.17) is 5.73 Å². The Balaban J connectivity index is 1.52. The highest BCUT2D eigenvalue weighted by molar-refractivity contribution is 5.92. The fourth-order valence-corrected chi connectivity index (χ4v) is 3.90. The molecule has 0 bridgehead atoms. The van der Waals surface area contributed by atoms with Gasteiger partial charge in [-0.15, -0.1) is 0 Å². The molecule has 30 heavy (non-hydrogen) atoms. The van der Waals surface area contributed by atoms with Crippen molar-refractivity contribution in [3.8, 4) is 0 Å². The number of benzene rings is 3. The van der Waals surface area contributed by atoms with Gasteiger partial charge < -0.3 is 11.1 Å². The number of rotatable bonds is 5. The molecule has 4 nitrogen and oxygen atoms in total. The van der Waals surface area contributed by atoms with E-state index in [0.717, 1.165) is 16.7 Å². The lowest BCUT2D eigenvalue weighted by atomic mass is 9.90. The van der Waals surface area contributed by atoms with Crippen molar-refractivity contribution in [2.45, 2.75) is 25.4 Å². The molecule has 1 unspecified atom stereocenters. The molecule has 0 aromatic heterocycles. The van der Waals surface area contributed by atoms with Gasteiger partial charge in [0.1, 0.15) is 11.6 Å². The highest BCUT2D eigenvalue weighted by Gasteiger charge is 2.28. The van der Waals surface area contributed by atoms with Gasteiger partial charge in [0, 0.05) is 24.0 Å². The van der Waals surface area contributed by atoms with Crippen LogP contribution in [0, 0.1) is 11.6 Å². The minimum Gasteiger partial charge on any atom is -0.399 e. The lowest BCUT2D eigenvalue weighted by molar-refractivity contribution is -0.118. The van der Waals surface area contributed by atoms with E-state index in [1.54, 1.807) is 48.5 Å². The van der Waals surface area contributed by atoms with E-state index in [9.17, 15) is 13.6 Å². The number of nitrogens with two attached hydrogens (primary N) is 1. The topological polar surface area (TPSA) is 58.4 Å².